The zero-order valence-corrected chi connectivity index (χ0v) is 9.02. The molecule has 0 radical (unpaired) electrons. The topological polar surface area (TPSA) is 62.2 Å². The molecule has 0 atom stereocenters. The molecule has 0 spiro atoms. The number of phenols is 1. The molecule has 0 saturated heterocycles. The molecule has 1 amide bonds. The number of benzene rings is 1. The zero-order chi connectivity index (χ0) is 13.1. The lowest BCUT2D eigenvalue weighted by Crippen LogP contribution is -2.15. The van der Waals surface area contributed by atoms with Crippen molar-refractivity contribution in [2.24, 2.45) is 0 Å². The second-order valence-electron chi connectivity index (χ2n) is 3.44. The number of aromatic nitrogens is 1. The normalized spacial score (nSPS) is 10.1. The number of carbonyl (C=O) groups is 1. The van der Waals surface area contributed by atoms with Crippen molar-refractivity contribution in [2.45, 2.75) is 0 Å². The van der Waals surface area contributed by atoms with E-state index in [1.807, 2.05) is 0 Å². The number of amides is 1. The molecule has 0 aliphatic rings. The molecular weight excluding hydrogens is 242 g/mol. The van der Waals surface area contributed by atoms with Crippen LogP contribution in [-0.2, 0) is 0 Å². The molecule has 0 bridgehead atoms. The van der Waals surface area contributed by atoms with Crippen LogP contribution in [0.4, 0.5) is 14.5 Å². The number of nitrogens with one attached hydrogen (secondary N) is 1. The molecule has 2 N–H and O–H groups in total. The Labute approximate surface area is 101 Å². The SMILES string of the molecule is O=C(Nc1ccncc1F)c1c(O)cccc1F. The number of nitrogens with zero attached hydrogens (tertiary/aromatic N) is 1. The molecule has 1 heterocycles. The molecule has 18 heavy (non-hydrogen) atoms. The lowest BCUT2D eigenvalue weighted by Gasteiger charge is -2.07. The fraction of sp³-hybridized carbons (Fsp3) is 0. The fourth-order valence-corrected chi connectivity index (χ4v) is 1.40. The van der Waals surface area contributed by atoms with Crippen molar-refractivity contribution >= 4 is 11.6 Å². The summed E-state index contributed by atoms with van der Waals surface area (Å²) in [5.41, 5.74) is -0.675. The van der Waals surface area contributed by atoms with Crippen molar-refractivity contribution in [3.63, 3.8) is 0 Å². The first-order valence-electron chi connectivity index (χ1n) is 4.98. The predicted molar refractivity (Wildman–Crippen MR) is 60.2 cm³/mol. The highest BCUT2D eigenvalue weighted by molar-refractivity contribution is 6.06. The van der Waals surface area contributed by atoms with E-state index in [2.05, 4.69) is 10.3 Å². The summed E-state index contributed by atoms with van der Waals surface area (Å²) < 4.78 is 26.6. The summed E-state index contributed by atoms with van der Waals surface area (Å²) in [5, 5.41) is 11.6. The van der Waals surface area contributed by atoms with Gasteiger partial charge in [0, 0.05) is 6.20 Å². The van der Waals surface area contributed by atoms with E-state index in [1.165, 1.54) is 24.4 Å². The van der Waals surface area contributed by atoms with E-state index < -0.39 is 28.9 Å². The van der Waals surface area contributed by atoms with Crippen LogP contribution in [0.25, 0.3) is 0 Å². The Balaban J connectivity index is 2.31. The maximum atomic E-state index is 13.4. The number of rotatable bonds is 2. The summed E-state index contributed by atoms with van der Waals surface area (Å²) in [6.45, 7) is 0. The van der Waals surface area contributed by atoms with Gasteiger partial charge in [0.15, 0.2) is 5.82 Å². The van der Waals surface area contributed by atoms with Gasteiger partial charge in [0.1, 0.15) is 17.1 Å². The van der Waals surface area contributed by atoms with Crippen LogP contribution in [0.15, 0.2) is 36.7 Å². The molecule has 2 aromatic rings. The smallest absolute Gasteiger partial charge is 0.262 e. The van der Waals surface area contributed by atoms with E-state index in [4.69, 9.17) is 0 Å². The van der Waals surface area contributed by atoms with Crippen molar-refractivity contribution in [3.8, 4) is 5.75 Å². The summed E-state index contributed by atoms with van der Waals surface area (Å²) >= 11 is 0. The van der Waals surface area contributed by atoms with Gasteiger partial charge in [0.05, 0.1) is 11.9 Å². The third-order valence-corrected chi connectivity index (χ3v) is 2.24. The number of hydrogen-bond donors (Lipinski definition) is 2. The minimum absolute atomic E-state index is 0.141. The quantitative estimate of drug-likeness (QED) is 0.859. The van der Waals surface area contributed by atoms with Crippen molar-refractivity contribution < 1.29 is 18.7 Å². The monoisotopic (exact) mass is 250 g/mol. The third-order valence-electron chi connectivity index (χ3n) is 2.24. The van der Waals surface area contributed by atoms with E-state index in [0.29, 0.717) is 0 Å². The Hall–Kier alpha value is -2.50. The molecule has 0 aliphatic heterocycles. The van der Waals surface area contributed by atoms with E-state index in [0.717, 1.165) is 12.3 Å². The second-order valence-corrected chi connectivity index (χ2v) is 3.44. The minimum Gasteiger partial charge on any atom is -0.507 e. The number of carbonyl (C=O) groups excluding carboxylic acids is 1. The van der Waals surface area contributed by atoms with Gasteiger partial charge in [-0.25, -0.2) is 8.78 Å². The van der Waals surface area contributed by atoms with Crippen molar-refractivity contribution in [1.82, 2.24) is 4.98 Å². The van der Waals surface area contributed by atoms with E-state index in [1.54, 1.807) is 0 Å². The lowest BCUT2D eigenvalue weighted by atomic mass is 10.1. The average molecular weight is 250 g/mol. The Bertz CT molecular complexity index is 582. The zero-order valence-electron chi connectivity index (χ0n) is 9.02. The molecule has 0 aliphatic carbocycles. The van der Waals surface area contributed by atoms with Crippen LogP contribution in [0.1, 0.15) is 10.4 Å². The minimum atomic E-state index is -0.935. The van der Waals surface area contributed by atoms with E-state index >= 15 is 0 Å². The molecule has 0 saturated carbocycles. The Morgan fingerprint density at radius 2 is 2.00 bits per heavy atom. The molecule has 0 fully saturated rings. The standard InChI is InChI=1S/C12H8F2N2O2/c13-7-2-1-3-10(17)11(7)12(18)16-9-4-5-15-6-8(9)14/h1-6,17H,(H,15,16,18). The van der Waals surface area contributed by atoms with Crippen molar-refractivity contribution in [1.29, 1.82) is 0 Å². The van der Waals surface area contributed by atoms with Crippen molar-refractivity contribution in [3.05, 3.63) is 53.9 Å². The van der Waals surface area contributed by atoms with Crippen LogP contribution in [0.3, 0.4) is 0 Å². The van der Waals surface area contributed by atoms with Gasteiger partial charge in [0.2, 0.25) is 0 Å². The molecule has 4 nitrogen and oxygen atoms in total. The van der Waals surface area contributed by atoms with Crippen molar-refractivity contribution in [2.75, 3.05) is 5.32 Å². The first-order valence-corrected chi connectivity index (χ1v) is 4.98. The van der Waals surface area contributed by atoms with Crippen LogP contribution in [0.2, 0.25) is 0 Å². The van der Waals surface area contributed by atoms with E-state index in [-0.39, 0.29) is 5.69 Å². The van der Waals surface area contributed by atoms with Gasteiger partial charge in [-0.1, -0.05) is 6.07 Å². The molecule has 2 rings (SSSR count). The Kier molecular flexibility index (Phi) is 3.18. The van der Waals surface area contributed by atoms with Crippen LogP contribution in [0.5, 0.6) is 5.75 Å². The van der Waals surface area contributed by atoms with Crippen LogP contribution < -0.4 is 5.32 Å². The highest BCUT2D eigenvalue weighted by Gasteiger charge is 2.17. The Morgan fingerprint density at radius 3 is 2.67 bits per heavy atom. The fourth-order valence-electron chi connectivity index (χ4n) is 1.40. The van der Waals surface area contributed by atoms with Crippen LogP contribution in [0, 0.1) is 11.6 Å². The molecule has 6 heteroatoms. The van der Waals surface area contributed by atoms with Crippen LogP contribution in [-0.4, -0.2) is 16.0 Å². The summed E-state index contributed by atoms with van der Waals surface area (Å²) in [5.74, 6) is -3.08. The van der Waals surface area contributed by atoms with Gasteiger partial charge >= 0.3 is 0 Å². The van der Waals surface area contributed by atoms with Gasteiger partial charge < -0.3 is 10.4 Å². The van der Waals surface area contributed by atoms with Gasteiger partial charge in [-0.2, -0.15) is 0 Å². The number of pyridine rings is 1. The summed E-state index contributed by atoms with van der Waals surface area (Å²) in [7, 11) is 0. The largest absolute Gasteiger partial charge is 0.507 e. The number of hydrogen-bond acceptors (Lipinski definition) is 3. The second kappa shape index (κ2) is 4.79. The number of phenolic OH excluding ortho intramolecular Hbond substituents is 1. The maximum Gasteiger partial charge on any atom is 0.262 e. The first kappa shape index (κ1) is 12.0. The van der Waals surface area contributed by atoms with Gasteiger partial charge in [-0.3, -0.25) is 9.78 Å². The molecule has 1 aromatic heterocycles. The van der Waals surface area contributed by atoms with Gasteiger partial charge in [-0.05, 0) is 18.2 Å². The van der Waals surface area contributed by atoms with E-state index in [9.17, 15) is 18.7 Å². The lowest BCUT2D eigenvalue weighted by molar-refractivity contribution is 0.102. The number of anilines is 1. The highest BCUT2D eigenvalue weighted by Crippen LogP contribution is 2.21. The molecular formula is C12H8F2N2O2. The predicted octanol–water partition coefficient (Wildman–Crippen LogP) is 2.32. The van der Waals surface area contributed by atoms with Gasteiger partial charge in [-0.15, -0.1) is 0 Å². The van der Waals surface area contributed by atoms with Crippen LogP contribution >= 0.6 is 0 Å². The first-order chi connectivity index (χ1) is 8.59. The molecule has 92 valence electrons. The summed E-state index contributed by atoms with van der Waals surface area (Å²) in [4.78, 5) is 15.2. The average Bonchev–Trinajstić information content (AvgIpc) is 2.32. The summed E-state index contributed by atoms with van der Waals surface area (Å²) in [6.07, 6.45) is 2.19. The van der Waals surface area contributed by atoms with Gasteiger partial charge in [0.25, 0.3) is 5.91 Å². The highest BCUT2D eigenvalue weighted by atomic mass is 19.1. The Morgan fingerprint density at radius 1 is 1.22 bits per heavy atom. The summed E-state index contributed by atoms with van der Waals surface area (Å²) in [6, 6.07) is 4.68. The molecule has 0 unspecified atom stereocenters. The molecule has 1 aromatic carbocycles. The number of aromatic hydroxyl groups is 1. The number of halogens is 2. The maximum absolute atomic E-state index is 13.4. The third kappa shape index (κ3) is 2.27.